The molecule has 0 spiro atoms. The minimum atomic E-state index is -4.50. The number of nitrogens with zero attached hydrogens (tertiary/aromatic N) is 1. The fourth-order valence-corrected chi connectivity index (χ4v) is 3.07. The minimum absolute atomic E-state index is 0.0391. The third-order valence-corrected chi connectivity index (χ3v) is 4.49. The number of benzene rings is 2. The second-order valence-corrected chi connectivity index (χ2v) is 6.49. The van der Waals surface area contributed by atoms with Crippen molar-refractivity contribution in [2.75, 3.05) is 11.9 Å². The number of carbonyl (C=O) groups excluding carboxylic acids is 3. The average Bonchev–Trinajstić information content (AvgIpc) is 2.87. The normalized spacial score (nSPS) is 13.6. The van der Waals surface area contributed by atoms with Crippen molar-refractivity contribution < 1.29 is 27.6 Å². The molecule has 1 aliphatic rings. The third kappa shape index (κ3) is 3.90. The highest BCUT2D eigenvalue weighted by Crippen LogP contribution is 2.33. The van der Waals surface area contributed by atoms with Gasteiger partial charge in [-0.05, 0) is 43.2 Å². The first-order valence-electron chi connectivity index (χ1n) is 8.61. The van der Waals surface area contributed by atoms with E-state index in [4.69, 9.17) is 0 Å². The number of alkyl halides is 3. The van der Waals surface area contributed by atoms with E-state index in [1.54, 1.807) is 24.3 Å². The molecular formula is C20H17F3N2O3. The standard InChI is InChI=1S/C20H17F3N2O3/c1-12-8-9-13(11-16(12)20(21,22)23)24-17(26)7-4-10-25-18(27)14-5-2-3-6-15(14)19(25)28/h2-3,5-6,8-9,11H,4,7,10H2,1H3,(H,24,26). The van der Waals surface area contributed by atoms with Crippen LogP contribution >= 0.6 is 0 Å². The van der Waals surface area contributed by atoms with Gasteiger partial charge in [-0.3, -0.25) is 19.3 Å². The second-order valence-electron chi connectivity index (χ2n) is 6.49. The molecule has 0 atom stereocenters. The maximum Gasteiger partial charge on any atom is 0.416 e. The van der Waals surface area contributed by atoms with E-state index < -0.39 is 29.5 Å². The molecule has 0 aromatic heterocycles. The van der Waals surface area contributed by atoms with Crippen molar-refractivity contribution in [2.24, 2.45) is 0 Å². The Morgan fingerprint density at radius 3 is 2.21 bits per heavy atom. The lowest BCUT2D eigenvalue weighted by molar-refractivity contribution is -0.138. The summed E-state index contributed by atoms with van der Waals surface area (Å²) in [7, 11) is 0. The predicted molar refractivity (Wildman–Crippen MR) is 95.9 cm³/mol. The Morgan fingerprint density at radius 1 is 1.04 bits per heavy atom. The van der Waals surface area contributed by atoms with Crippen LogP contribution in [0.1, 0.15) is 44.7 Å². The van der Waals surface area contributed by atoms with Gasteiger partial charge in [0, 0.05) is 18.7 Å². The quantitative estimate of drug-likeness (QED) is 0.784. The van der Waals surface area contributed by atoms with Gasteiger partial charge >= 0.3 is 6.18 Å². The Hall–Kier alpha value is -3.16. The summed E-state index contributed by atoms with van der Waals surface area (Å²) in [5, 5.41) is 2.42. The fourth-order valence-electron chi connectivity index (χ4n) is 3.07. The van der Waals surface area contributed by atoms with Crippen LogP contribution in [0, 0.1) is 6.92 Å². The van der Waals surface area contributed by atoms with Crippen LogP contribution in [0.2, 0.25) is 0 Å². The van der Waals surface area contributed by atoms with Crippen LogP contribution in [0.3, 0.4) is 0 Å². The summed E-state index contributed by atoms with van der Waals surface area (Å²) in [5.74, 6) is -1.31. The van der Waals surface area contributed by atoms with E-state index >= 15 is 0 Å². The van der Waals surface area contributed by atoms with Crippen LogP contribution in [0.5, 0.6) is 0 Å². The fraction of sp³-hybridized carbons (Fsp3) is 0.250. The van der Waals surface area contributed by atoms with Gasteiger partial charge in [-0.15, -0.1) is 0 Å². The van der Waals surface area contributed by atoms with Crippen molar-refractivity contribution in [3.8, 4) is 0 Å². The van der Waals surface area contributed by atoms with E-state index in [1.165, 1.54) is 19.1 Å². The molecular weight excluding hydrogens is 373 g/mol. The van der Waals surface area contributed by atoms with E-state index in [0.717, 1.165) is 11.0 Å². The lowest BCUT2D eigenvalue weighted by atomic mass is 10.1. The van der Waals surface area contributed by atoms with Crippen molar-refractivity contribution in [3.05, 3.63) is 64.7 Å². The highest BCUT2D eigenvalue weighted by atomic mass is 19.4. The van der Waals surface area contributed by atoms with Gasteiger partial charge in [-0.2, -0.15) is 13.2 Å². The SMILES string of the molecule is Cc1ccc(NC(=O)CCCN2C(=O)c3ccccc3C2=O)cc1C(F)(F)F. The Labute approximate surface area is 159 Å². The number of imide groups is 1. The summed E-state index contributed by atoms with van der Waals surface area (Å²) >= 11 is 0. The lowest BCUT2D eigenvalue weighted by Gasteiger charge is -2.14. The summed E-state index contributed by atoms with van der Waals surface area (Å²) in [6.45, 7) is 1.40. The Kier molecular flexibility index (Phi) is 5.22. The van der Waals surface area contributed by atoms with E-state index in [9.17, 15) is 27.6 Å². The maximum absolute atomic E-state index is 12.9. The van der Waals surface area contributed by atoms with Crippen molar-refractivity contribution in [3.63, 3.8) is 0 Å². The predicted octanol–water partition coefficient (Wildman–Crippen LogP) is 4.03. The number of hydrogen-bond donors (Lipinski definition) is 1. The van der Waals surface area contributed by atoms with Gasteiger partial charge in [0.05, 0.1) is 16.7 Å². The summed E-state index contributed by atoms with van der Waals surface area (Å²) < 4.78 is 38.8. The van der Waals surface area contributed by atoms with E-state index in [-0.39, 0.29) is 30.6 Å². The Morgan fingerprint density at radius 2 is 1.64 bits per heavy atom. The van der Waals surface area contributed by atoms with E-state index in [0.29, 0.717) is 11.1 Å². The average molecular weight is 390 g/mol. The molecule has 8 heteroatoms. The van der Waals surface area contributed by atoms with Crippen molar-refractivity contribution in [2.45, 2.75) is 25.9 Å². The first-order chi connectivity index (χ1) is 13.2. The van der Waals surface area contributed by atoms with E-state index in [2.05, 4.69) is 5.32 Å². The summed E-state index contributed by atoms with van der Waals surface area (Å²) in [6, 6.07) is 10.0. The highest BCUT2D eigenvalue weighted by molar-refractivity contribution is 6.21. The number of rotatable bonds is 5. The van der Waals surface area contributed by atoms with Gasteiger partial charge in [0.1, 0.15) is 0 Å². The third-order valence-electron chi connectivity index (χ3n) is 4.49. The summed E-state index contributed by atoms with van der Waals surface area (Å²) in [6.07, 6.45) is -4.34. The lowest BCUT2D eigenvalue weighted by Crippen LogP contribution is -2.31. The Bertz CT molecular complexity index is 919. The molecule has 0 saturated heterocycles. The number of aryl methyl sites for hydroxylation is 1. The van der Waals surface area contributed by atoms with Gasteiger partial charge in [0.25, 0.3) is 11.8 Å². The van der Waals surface area contributed by atoms with Gasteiger partial charge in [-0.1, -0.05) is 18.2 Å². The summed E-state index contributed by atoms with van der Waals surface area (Å²) in [5.41, 5.74) is -0.0383. The van der Waals surface area contributed by atoms with Gasteiger partial charge in [0.2, 0.25) is 5.91 Å². The Balaban J connectivity index is 1.56. The number of amides is 3. The van der Waals surface area contributed by atoms with Crippen LogP contribution in [-0.4, -0.2) is 29.2 Å². The van der Waals surface area contributed by atoms with Crippen LogP contribution in [0.4, 0.5) is 18.9 Å². The van der Waals surface area contributed by atoms with Crippen LogP contribution in [0.25, 0.3) is 0 Å². The van der Waals surface area contributed by atoms with Gasteiger partial charge in [0.15, 0.2) is 0 Å². The molecule has 28 heavy (non-hydrogen) atoms. The molecule has 3 rings (SSSR count). The summed E-state index contributed by atoms with van der Waals surface area (Å²) in [4.78, 5) is 37.6. The van der Waals surface area contributed by atoms with Crippen LogP contribution in [-0.2, 0) is 11.0 Å². The molecule has 3 amide bonds. The molecule has 0 bridgehead atoms. The first-order valence-corrected chi connectivity index (χ1v) is 8.61. The molecule has 0 saturated carbocycles. The van der Waals surface area contributed by atoms with Crippen molar-refractivity contribution >= 4 is 23.4 Å². The molecule has 0 fully saturated rings. The molecule has 146 valence electrons. The highest BCUT2D eigenvalue weighted by Gasteiger charge is 2.35. The van der Waals surface area contributed by atoms with Gasteiger partial charge in [-0.25, -0.2) is 0 Å². The molecule has 1 N–H and O–H groups in total. The largest absolute Gasteiger partial charge is 0.416 e. The molecule has 1 heterocycles. The molecule has 2 aromatic rings. The van der Waals surface area contributed by atoms with Crippen molar-refractivity contribution in [1.29, 1.82) is 0 Å². The van der Waals surface area contributed by atoms with Gasteiger partial charge < -0.3 is 5.32 Å². The van der Waals surface area contributed by atoms with E-state index in [1.807, 2.05) is 0 Å². The van der Waals surface area contributed by atoms with Crippen LogP contribution < -0.4 is 5.32 Å². The zero-order chi connectivity index (χ0) is 20.5. The monoisotopic (exact) mass is 390 g/mol. The van der Waals surface area contributed by atoms with Crippen LogP contribution in [0.15, 0.2) is 42.5 Å². The number of hydrogen-bond acceptors (Lipinski definition) is 3. The molecule has 1 aliphatic heterocycles. The zero-order valence-corrected chi connectivity index (χ0v) is 15.0. The number of carbonyl (C=O) groups is 3. The number of anilines is 1. The van der Waals surface area contributed by atoms with Crippen molar-refractivity contribution in [1.82, 2.24) is 4.90 Å². The topological polar surface area (TPSA) is 66.5 Å². The zero-order valence-electron chi connectivity index (χ0n) is 15.0. The molecule has 5 nitrogen and oxygen atoms in total. The molecule has 0 radical (unpaired) electrons. The second kappa shape index (κ2) is 7.46. The molecule has 0 unspecified atom stereocenters. The molecule has 0 aliphatic carbocycles. The smallest absolute Gasteiger partial charge is 0.326 e. The minimum Gasteiger partial charge on any atom is -0.326 e. The molecule has 2 aromatic carbocycles. The number of nitrogens with one attached hydrogen (secondary N) is 1. The number of halogens is 3. The maximum atomic E-state index is 12.9. The number of fused-ring (bicyclic) bond motifs is 1. The first kappa shape index (κ1) is 19.6.